The number of ether oxygens (including phenoxy) is 2. The quantitative estimate of drug-likeness (QED) is 0.612. The van der Waals surface area contributed by atoms with E-state index in [-0.39, 0.29) is 6.42 Å². The SMILES string of the molecule is COC(=O)[C@H](Cc1ccc(C(=O)[B-](F)(F)F)cc1)NC(=O)OC(C)(C)C. The van der Waals surface area contributed by atoms with E-state index in [1.165, 1.54) is 12.1 Å². The Hall–Kier alpha value is -2.52. The highest BCUT2D eigenvalue weighted by Gasteiger charge is 2.34. The number of amides is 1. The monoisotopic (exact) mass is 374 g/mol. The molecule has 0 aliphatic carbocycles. The molecule has 10 heteroatoms. The van der Waals surface area contributed by atoms with Crippen LogP contribution in [0.2, 0.25) is 0 Å². The molecule has 1 N–H and O–H groups in total. The zero-order valence-corrected chi connectivity index (χ0v) is 14.8. The summed E-state index contributed by atoms with van der Waals surface area (Å²) in [6, 6.07) is 3.51. The maximum Gasteiger partial charge on any atom is 0.549 e. The van der Waals surface area contributed by atoms with Gasteiger partial charge in [-0.05, 0) is 31.9 Å². The second-order valence-corrected chi connectivity index (χ2v) is 6.56. The lowest BCUT2D eigenvalue weighted by atomic mass is 9.79. The number of benzene rings is 1. The molecule has 144 valence electrons. The number of carbonyl (C=O) groups excluding carboxylic acids is 3. The molecule has 0 aromatic heterocycles. The molecule has 0 spiro atoms. The standard InChI is InChI=1S/C16H20BF3NO5/c1-16(2,3)26-15(24)21-12(14(23)25-4)9-10-5-7-11(8-6-10)13(22)17(18,19)20/h5-8,12H,9H2,1-4H3,(H,21,24)/q-1/t12-/m0/s1. The zero-order chi connectivity index (χ0) is 20.1. The molecule has 1 aromatic rings. The van der Waals surface area contributed by atoms with Crippen LogP contribution in [0.25, 0.3) is 0 Å². The van der Waals surface area contributed by atoms with Crippen LogP contribution in [-0.4, -0.2) is 43.5 Å². The third-order valence-corrected chi connectivity index (χ3v) is 3.15. The van der Waals surface area contributed by atoms with Gasteiger partial charge in [-0.25, -0.2) is 9.59 Å². The van der Waals surface area contributed by atoms with Gasteiger partial charge in [-0.15, -0.1) is 0 Å². The molecule has 0 heterocycles. The van der Waals surface area contributed by atoms with E-state index in [0.717, 1.165) is 19.2 Å². The van der Waals surface area contributed by atoms with Crippen LogP contribution in [0.1, 0.15) is 36.7 Å². The lowest BCUT2D eigenvalue weighted by Gasteiger charge is -2.22. The molecule has 1 atom stereocenters. The van der Waals surface area contributed by atoms with Gasteiger partial charge in [0.05, 0.1) is 7.11 Å². The van der Waals surface area contributed by atoms with Crippen LogP contribution >= 0.6 is 0 Å². The Balaban J connectivity index is 2.87. The van der Waals surface area contributed by atoms with Crippen molar-refractivity contribution in [2.75, 3.05) is 7.11 Å². The van der Waals surface area contributed by atoms with Gasteiger partial charge in [0.1, 0.15) is 17.3 Å². The van der Waals surface area contributed by atoms with Crippen molar-refractivity contribution in [3.8, 4) is 0 Å². The molecule has 0 radical (unpaired) electrons. The molecule has 0 saturated carbocycles. The van der Waals surface area contributed by atoms with Crippen LogP contribution in [-0.2, 0) is 20.7 Å². The van der Waals surface area contributed by atoms with Gasteiger partial charge >= 0.3 is 19.0 Å². The molecular formula is C16H20BF3NO5-. The fourth-order valence-corrected chi connectivity index (χ4v) is 2.02. The molecule has 26 heavy (non-hydrogen) atoms. The van der Waals surface area contributed by atoms with Gasteiger partial charge < -0.3 is 32.5 Å². The molecule has 1 amide bonds. The minimum absolute atomic E-state index is 0.0441. The van der Waals surface area contributed by atoms with Gasteiger partial charge in [-0.3, -0.25) is 0 Å². The summed E-state index contributed by atoms with van der Waals surface area (Å²) < 4.78 is 47.1. The van der Waals surface area contributed by atoms with Crippen molar-refractivity contribution in [3.05, 3.63) is 35.4 Å². The average Bonchev–Trinajstić information content (AvgIpc) is 2.50. The van der Waals surface area contributed by atoms with Crippen molar-refractivity contribution in [1.82, 2.24) is 5.32 Å². The Morgan fingerprint density at radius 2 is 1.65 bits per heavy atom. The van der Waals surface area contributed by atoms with Crippen LogP contribution in [0.4, 0.5) is 17.7 Å². The van der Waals surface area contributed by atoms with E-state index in [0.29, 0.717) is 5.56 Å². The molecule has 0 bridgehead atoms. The molecular weight excluding hydrogens is 354 g/mol. The highest BCUT2D eigenvalue weighted by Crippen LogP contribution is 2.17. The smallest absolute Gasteiger partial charge is 0.467 e. The van der Waals surface area contributed by atoms with Crippen LogP contribution in [0, 0.1) is 0 Å². The number of carbonyl (C=O) groups is 3. The number of nitrogens with one attached hydrogen (secondary N) is 1. The van der Waals surface area contributed by atoms with Gasteiger partial charge in [-0.1, -0.05) is 24.3 Å². The highest BCUT2D eigenvalue weighted by atomic mass is 19.4. The van der Waals surface area contributed by atoms with E-state index in [1.54, 1.807) is 20.8 Å². The van der Waals surface area contributed by atoms with E-state index in [9.17, 15) is 27.3 Å². The fraction of sp³-hybridized carbons (Fsp3) is 0.438. The topological polar surface area (TPSA) is 81.7 Å². The van der Waals surface area contributed by atoms with Gasteiger partial charge in [0, 0.05) is 6.42 Å². The molecule has 0 unspecified atom stereocenters. The lowest BCUT2D eigenvalue weighted by molar-refractivity contribution is -0.143. The molecule has 1 rings (SSSR count). The minimum atomic E-state index is -5.61. The van der Waals surface area contributed by atoms with E-state index in [4.69, 9.17) is 4.74 Å². The molecule has 1 aromatic carbocycles. The summed E-state index contributed by atoms with van der Waals surface area (Å²) in [5, 5.41) is 2.35. The fourth-order valence-electron chi connectivity index (χ4n) is 2.02. The van der Waals surface area contributed by atoms with Crippen molar-refractivity contribution in [2.24, 2.45) is 0 Å². The largest absolute Gasteiger partial charge is 0.549 e. The van der Waals surface area contributed by atoms with Crippen molar-refractivity contribution in [3.63, 3.8) is 0 Å². The predicted octanol–water partition coefficient (Wildman–Crippen LogP) is 2.86. The summed E-state index contributed by atoms with van der Waals surface area (Å²) in [5.41, 5.74) is -2.72. The van der Waals surface area contributed by atoms with Gasteiger partial charge in [-0.2, -0.15) is 0 Å². The maximum atomic E-state index is 12.5. The zero-order valence-electron chi connectivity index (χ0n) is 14.8. The van der Waals surface area contributed by atoms with Crippen molar-refractivity contribution in [2.45, 2.75) is 38.8 Å². The van der Waals surface area contributed by atoms with E-state index < -0.39 is 41.9 Å². The third kappa shape index (κ3) is 6.77. The first-order valence-corrected chi connectivity index (χ1v) is 7.74. The number of alkyl carbamates (subject to hydrolysis) is 1. The minimum Gasteiger partial charge on any atom is -0.467 e. The molecule has 0 fully saturated rings. The average molecular weight is 374 g/mol. The van der Waals surface area contributed by atoms with Gasteiger partial charge in [0.25, 0.3) is 0 Å². The van der Waals surface area contributed by atoms with E-state index in [2.05, 4.69) is 10.1 Å². The summed E-state index contributed by atoms with van der Waals surface area (Å²) >= 11 is 0. The highest BCUT2D eigenvalue weighted by molar-refractivity contribution is 6.93. The van der Waals surface area contributed by atoms with Crippen LogP contribution in [0.15, 0.2) is 24.3 Å². The summed E-state index contributed by atoms with van der Waals surface area (Å²) in [6.45, 7) is -0.662. The Kier molecular flexibility index (Phi) is 6.82. The first-order chi connectivity index (χ1) is 11.8. The Morgan fingerprint density at radius 3 is 2.08 bits per heavy atom. The predicted molar refractivity (Wildman–Crippen MR) is 88.7 cm³/mol. The van der Waals surface area contributed by atoms with Crippen LogP contribution in [0.5, 0.6) is 0 Å². The van der Waals surface area contributed by atoms with Gasteiger partial charge in [0.2, 0.25) is 0 Å². The number of hydrogen-bond acceptors (Lipinski definition) is 5. The van der Waals surface area contributed by atoms with Crippen LogP contribution in [0.3, 0.4) is 0 Å². The Morgan fingerprint density at radius 1 is 1.12 bits per heavy atom. The number of halogens is 3. The molecule has 0 aliphatic heterocycles. The molecule has 6 nitrogen and oxygen atoms in total. The first-order valence-electron chi connectivity index (χ1n) is 7.74. The second-order valence-electron chi connectivity index (χ2n) is 6.56. The maximum absolute atomic E-state index is 12.5. The number of hydrogen-bond donors (Lipinski definition) is 1. The first kappa shape index (κ1) is 21.5. The van der Waals surface area contributed by atoms with Crippen molar-refractivity contribution < 1.29 is 36.8 Å². The summed E-state index contributed by atoms with van der Waals surface area (Å²) in [4.78, 5) is 34.8. The van der Waals surface area contributed by atoms with E-state index >= 15 is 0 Å². The number of rotatable bonds is 6. The number of esters is 1. The van der Waals surface area contributed by atoms with Gasteiger partial charge in [0.15, 0.2) is 0 Å². The molecule has 0 saturated heterocycles. The van der Waals surface area contributed by atoms with E-state index in [1.807, 2.05) is 0 Å². The summed E-state index contributed by atoms with van der Waals surface area (Å²) in [5.74, 6) is -0.741. The number of methoxy groups -OCH3 is 1. The third-order valence-electron chi connectivity index (χ3n) is 3.15. The summed E-state index contributed by atoms with van der Waals surface area (Å²) in [6.07, 6.45) is -0.878. The van der Waals surface area contributed by atoms with Crippen molar-refractivity contribution >= 4 is 24.7 Å². The Bertz CT molecular complexity index is 668. The van der Waals surface area contributed by atoms with Crippen LogP contribution < -0.4 is 5.32 Å². The Labute approximate surface area is 149 Å². The lowest BCUT2D eigenvalue weighted by Crippen LogP contribution is -2.45. The van der Waals surface area contributed by atoms with Crippen molar-refractivity contribution in [1.29, 1.82) is 0 Å². The normalized spacial score (nSPS) is 12.9. The summed E-state index contributed by atoms with van der Waals surface area (Å²) in [7, 11) is 1.14. The molecule has 0 aliphatic rings. The second kappa shape index (κ2) is 8.24.